The fraction of sp³-hybridized carbons (Fsp3) is 0.0312. The van der Waals surface area contributed by atoms with Crippen molar-refractivity contribution in [2.24, 2.45) is 0 Å². The fourth-order valence-corrected chi connectivity index (χ4v) is 7.12. The van der Waals surface area contributed by atoms with Crippen LogP contribution in [0.2, 0.25) is 5.02 Å². The van der Waals surface area contributed by atoms with Gasteiger partial charge in [0.15, 0.2) is 20.5 Å². The fourth-order valence-electron chi connectivity index (χ4n) is 3.93. The molecule has 0 fully saturated rings. The molecule has 5 rings (SSSR count). The number of ketones is 1. The zero-order chi connectivity index (χ0) is 32.0. The quantitative estimate of drug-likeness (QED) is 0.0680. The van der Waals surface area contributed by atoms with E-state index in [0.717, 1.165) is 9.79 Å². The van der Waals surface area contributed by atoms with Gasteiger partial charge >= 0.3 is 36.4 Å². The van der Waals surface area contributed by atoms with Crippen LogP contribution in [0.4, 0.5) is 16.9 Å². The van der Waals surface area contributed by atoms with Gasteiger partial charge in [-0.2, -0.15) is 0 Å². The van der Waals surface area contributed by atoms with Gasteiger partial charge in [-0.3, -0.25) is 4.79 Å². The molecule has 5 aromatic rings. The number of ether oxygens (including phenoxy) is 1. The summed E-state index contributed by atoms with van der Waals surface area (Å²) in [6.45, 7) is 0. The van der Waals surface area contributed by atoms with E-state index in [4.69, 9.17) is 16.3 Å². The first-order valence-electron chi connectivity index (χ1n) is 12.7. The third-order valence-corrected chi connectivity index (χ3v) is 9.53. The normalized spacial score (nSPS) is 12.8. The topological polar surface area (TPSA) is 26.3 Å². The maximum absolute atomic E-state index is 12.9. The van der Waals surface area contributed by atoms with Crippen molar-refractivity contribution in [1.82, 2.24) is 0 Å². The predicted molar refractivity (Wildman–Crippen MR) is 166 cm³/mol. The number of carbonyl (C=O) groups excluding carboxylic acids is 1. The molecule has 0 aromatic heterocycles. The van der Waals surface area contributed by atoms with Crippen LogP contribution >= 0.6 is 23.4 Å². The molecule has 2 nitrogen and oxygen atoms in total. The van der Waals surface area contributed by atoms with Crippen molar-refractivity contribution in [3.63, 3.8) is 0 Å². The Morgan fingerprint density at radius 2 is 1.11 bits per heavy atom. The van der Waals surface area contributed by atoms with Gasteiger partial charge in [-0.1, -0.05) is 59.8 Å². The predicted octanol–water partition coefficient (Wildman–Crippen LogP) is 11.0. The van der Waals surface area contributed by atoms with Gasteiger partial charge < -0.3 is 4.74 Å². The van der Waals surface area contributed by atoms with Crippen molar-refractivity contribution >= 4 is 59.5 Å². The summed E-state index contributed by atoms with van der Waals surface area (Å²) in [4.78, 5) is 18.7. The van der Waals surface area contributed by atoms with Crippen LogP contribution in [0.1, 0.15) is 15.9 Å². The molecule has 0 amide bonds. The van der Waals surface area contributed by atoms with Crippen molar-refractivity contribution in [2.75, 3.05) is 7.11 Å². The summed E-state index contributed by atoms with van der Waals surface area (Å²) in [5, 5.41) is 0.557. The Morgan fingerprint density at radius 1 is 0.659 bits per heavy atom. The Morgan fingerprint density at radius 3 is 1.57 bits per heavy atom. The molecule has 0 N–H and O–H groups in total. The first-order valence-corrected chi connectivity index (χ1v) is 21.0. The second-order valence-electron chi connectivity index (χ2n) is 9.17. The van der Waals surface area contributed by atoms with Crippen LogP contribution < -0.4 is 4.74 Å². The van der Waals surface area contributed by atoms with E-state index in [-0.39, 0.29) is 16.7 Å². The Kier molecular flexibility index (Phi) is 10.1. The van der Waals surface area contributed by atoms with Gasteiger partial charge in [0.25, 0.3) is 0 Å². The van der Waals surface area contributed by atoms with E-state index in [2.05, 4.69) is 84.9 Å². The van der Waals surface area contributed by atoms with E-state index in [1.54, 1.807) is 49.2 Å². The summed E-state index contributed by atoms with van der Waals surface area (Å²) in [7, 11) is 1.42. The second-order valence-corrected chi connectivity index (χ2v) is 18.2. The Balaban J connectivity index is 0.000000566. The maximum atomic E-state index is 12.9. The van der Waals surface area contributed by atoms with E-state index < -0.39 is 19.5 Å². The van der Waals surface area contributed by atoms with Gasteiger partial charge in [0.05, 0.1) is 23.0 Å². The third-order valence-electron chi connectivity index (χ3n) is 5.79. The van der Waals surface area contributed by atoms with Crippen LogP contribution in [0.3, 0.4) is 0 Å². The molecule has 230 valence electrons. The van der Waals surface area contributed by atoms with Gasteiger partial charge in [0.2, 0.25) is 0 Å². The number of halogens is 7. The van der Waals surface area contributed by atoms with Crippen molar-refractivity contribution in [3.05, 3.63) is 144 Å². The van der Waals surface area contributed by atoms with E-state index in [9.17, 15) is 21.7 Å². The molecule has 0 aliphatic rings. The molecule has 44 heavy (non-hydrogen) atoms. The van der Waals surface area contributed by atoms with Gasteiger partial charge in [-0.15, -0.1) is 0 Å². The van der Waals surface area contributed by atoms with E-state index in [0.29, 0.717) is 21.9 Å². The molecule has 0 heterocycles. The van der Waals surface area contributed by atoms with E-state index >= 15 is 0 Å². The summed E-state index contributed by atoms with van der Waals surface area (Å²) in [6, 6.07) is 42.5. The standard InChI is InChI=1S/C32H24ClO2S2.6FH.Sb/c1-35-25-15-12-23(13-16-25)32(34)24-14-21-31(30(33)22-24)36-26-17-19-29(20-18-26)37(27-8-4-2-5-9-27)28-10-6-3-7-11-28;;;;;;;/h2-22H,1H3;6*1H;/q+1;;;;;;;+5/p-6. The molecule has 0 unspecified atom stereocenters. The van der Waals surface area contributed by atoms with Crippen molar-refractivity contribution in [3.8, 4) is 5.75 Å². The number of rotatable bonds is 8. The van der Waals surface area contributed by atoms with Crippen LogP contribution in [-0.2, 0) is 10.9 Å². The van der Waals surface area contributed by atoms with Gasteiger partial charge in [-0.05, 0) is 91.0 Å². The molecule has 0 aliphatic heterocycles. The van der Waals surface area contributed by atoms with E-state index in [1.165, 1.54) is 14.7 Å². The van der Waals surface area contributed by atoms with Crippen molar-refractivity contribution in [2.45, 2.75) is 24.5 Å². The number of hydrogen-bond donors (Lipinski definition) is 0. The molecule has 0 atom stereocenters. The molecule has 0 aliphatic carbocycles. The minimum atomic E-state index is -11.2. The summed E-state index contributed by atoms with van der Waals surface area (Å²) in [6.07, 6.45) is 0. The molecular formula is C32H24ClF6O2S2Sb. The van der Waals surface area contributed by atoms with Gasteiger partial charge in [0.1, 0.15) is 5.75 Å². The first kappa shape index (κ1) is 33.8. The number of carbonyl (C=O) groups is 1. The third kappa shape index (κ3) is 10.8. The van der Waals surface area contributed by atoms with Crippen LogP contribution in [0.5, 0.6) is 5.75 Å². The molecule has 5 aromatic carbocycles. The molecule has 0 saturated carbocycles. The summed E-state index contributed by atoms with van der Waals surface area (Å²) >= 11 is -3.05. The zero-order valence-corrected chi connectivity index (χ0v) is 27.8. The molecular weight excluding hydrogens is 752 g/mol. The van der Waals surface area contributed by atoms with Crippen molar-refractivity contribution < 1.29 is 26.4 Å². The number of benzene rings is 5. The van der Waals surface area contributed by atoms with E-state index in [1.807, 2.05) is 12.1 Å². The molecule has 0 bridgehead atoms. The Bertz CT molecular complexity index is 1670. The van der Waals surface area contributed by atoms with Crippen LogP contribution in [0.15, 0.2) is 152 Å². The summed E-state index contributed by atoms with van der Waals surface area (Å²) in [5.41, 5.74) is 1.16. The molecule has 0 spiro atoms. The monoisotopic (exact) mass is 774 g/mol. The van der Waals surface area contributed by atoms with Crippen LogP contribution in [-0.4, -0.2) is 32.4 Å². The molecule has 12 heteroatoms. The second kappa shape index (κ2) is 13.1. The SMILES string of the molecule is COc1ccc(C(=O)c2ccc(Sc3ccc([S+](c4ccccc4)c4ccccc4)cc3)c(Cl)c2)cc1.[F][Sb-]([F])([F])([F])([F])[F]. The molecule has 0 saturated heterocycles. The summed E-state index contributed by atoms with van der Waals surface area (Å²) < 4.78 is 64.7. The first-order chi connectivity index (χ1) is 20.6. The Hall–Kier alpha value is -3.04. The van der Waals surface area contributed by atoms with Gasteiger partial charge in [0, 0.05) is 20.9 Å². The Labute approximate surface area is 265 Å². The molecule has 0 radical (unpaired) electrons. The number of hydrogen-bond acceptors (Lipinski definition) is 3. The average molecular weight is 776 g/mol. The average Bonchev–Trinajstić information content (AvgIpc) is 2.98. The van der Waals surface area contributed by atoms with Crippen LogP contribution in [0, 0.1) is 0 Å². The van der Waals surface area contributed by atoms with Crippen LogP contribution in [0.25, 0.3) is 0 Å². The number of methoxy groups -OCH3 is 1. The van der Waals surface area contributed by atoms with Crippen molar-refractivity contribution in [1.29, 1.82) is 0 Å². The zero-order valence-electron chi connectivity index (χ0n) is 22.9. The summed E-state index contributed by atoms with van der Waals surface area (Å²) in [5.74, 6) is 0.644. The van der Waals surface area contributed by atoms with Gasteiger partial charge in [-0.25, -0.2) is 0 Å². The minimum absolute atomic E-state index is 0.0701.